The van der Waals surface area contributed by atoms with E-state index < -0.39 is 17.5 Å². The van der Waals surface area contributed by atoms with Crippen LogP contribution in [-0.2, 0) is 9.59 Å². The van der Waals surface area contributed by atoms with Crippen LogP contribution < -0.4 is 14.5 Å². The second-order valence-electron chi connectivity index (χ2n) is 6.21. The lowest BCUT2D eigenvalue weighted by molar-refractivity contribution is -0.143. The topological polar surface area (TPSA) is 87.2 Å². The van der Waals surface area contributed by atoms with Crippen molar-refractivity contribution in [3.63, 3.8) is 0 Å². The number of methoxy groups -OCH3 is 1. The first-order valence-corrected chi connectivity index (χ1v) is 8.15. The third-order valence-electron chi connectivity index (χ3n) is 4.91. The summed E-state index contributed by atoms with van der Waals surface area (Å²) in [6, 6.07) is 13.2. The lowest BCUT2D eigenvalue weighted by atomic mass is 9.95. The molecule has 2 aromatic carbocycles. The molecule has 132 valence electrons. The molecule has 2 aliphatic heterocycles. The summed E-state index contributed by atoms with van der Waals surface area (Å²) in [5, 5.41) is 10.1. The molecule has 1 atom stereocenters. The largest absolute Gasteiger partial charge is 0.497 e. The SMILES string of the molecule is COc1cccc(N2C(=O)c3ccccc3N3C(=O)CCC23C(=O)O)c1. The van der Waals surface area contributed by atoms with E-state index in [-0.39, 0.29) is 18.7 Å². The normalized spacial score (nSPS) is 21.4. The summed E-state index contributed by atoms with van der Waals surface area (Å²) in [5.74, 6) is -1.53. The number of hydrogen-bond acceptors (Lipinski definition) is 4. The third-order valence-corrected chi connectivity index (χ3v) is 4.91. The van der Waals surface area contributed by atoms with Gasteiger partial charge in [0.15, 0.2) is 0 Å². The van der Waals surface area contributed by atoms with Gasteiger partial charge in [0.05, 0.1) is 24.0 Å². The number of ether oxygens (including phenoxy) is 1. The first-order valence-electron chi connectivity index (χ1n) is 8.15. The Balaban J connectivity index is 2.01. The Morgan fingerprint density at radius 2 is 1.88 bits per heavy atom. The molecule has 0 radical (unpaired) electrons. The number of benzene rings is 2. The molecular weight excluding hydrogens is 336 g/mol. The highest BCUT2D eigenvalue weighted by molar-refractivity contribution is 6.22. The Morgan fingerprint density at radius 1 is 1.12 bits per heavy atom. The van der Waals surface area contributed by atoms with Crippen LogP contribution >= 0.6 is 0 Å². The van der Waals surface area contributed by atoms with Crippen molar-refractivity contribution in [3.05, 3.63) is 54.1 Å². The smallest absolute Gasteiger partial charge is 0.351 e. The van der Waals surface area contributed by atoms with E-state index in [2.05, 4.69) is 0 Å². The van der Waals surface area contributed by atoms with Crippen molar-refractivity contribution >= 4 is 29.2 Å². The average molecular weight is 352 g/mol. The summed E-state index contributed by atoms with van der Waals surface area (Å²) >= 11 is 0. The van der Waals surface area contributed by atoms with E-state index in [0.29, 0.717) is 22.7 Å². The molecule has 0 aliphatic carbocycles. The second-order valence-corrected chi connectivity index (χ2v) is 6.21. The predicted octanol–water partition coefficient (Wildman–Crippen LogP) is 2.26. The minimum absolute atomic E-state index is 0.0124. The minimum Gasteiger partial charge on any atom is -0.497 e. The van der Waals surface area contributed by atoms with Crippen molar-refractivity contribution in [3.8, 4) is 5.75 Å². The van der Waals surface area contributed by atoms with Gasteiger partial charge in [-0.15, -0.1) is 0 Å². The maximum absolute atomic E-state index is 13.3. The first kappa shape index (κ1) is 16.1. The van der Waals surface area contributed by atoms with Crippen LogP contribution in [0.5, 0.6) is 5.75 Å². The summed E-state index contributed by atoms with van der Waals surface area (Å²) in [6.07, 6.45) is 0.0623. The van der Waals surface area contributed by atoms with Crippen LogP contribution in [0.2, 0.25) is 0 Å². The molecule has 2 aliphatic rings. The molecule has 0 spiro atoms. The van der Waals surface area contributed by atoms with E-state index in [1.807, 2.05) is 0 Å². The number of para-hydroxylation sites is 1. The summed E-state index contributed by atoms with van der Waals surface area (Å²) in [6.45, 7) is 0. The highest BCUT2D eigenvalue weighted by Crippen LogP contribution is 2.46. The van der Waals surface area contributed by atoms with Crippen molar-refractivity contribution in [1.29, 1.82) is 0 Å². The molecule has 1 fully saturated rings. The zero-order valence-corrected chi connectivity index (χ0v) is 14.0. The number of carboxylic acid groups (broad SMARTS) is 1. The molecule has 2 aromatic rings. The molecule has 4 rings (SSSR count). The average Bonchev–Trinajstić information content (AvgIpc) is 3.01. The Hall–Kier alpha value is -3.35. The molecule has 1 unspecified atom stereocenters. The number of anilines is 2. The zero-order chi connectivity index (χ0) is 18.5. The molecule has 26 heavy (non-hydrogen) atoms. The van der Waals surface area contributed by atoms with Gasteiger partial charge in [-0.2, -0.15) is 0 Å². The van der Waals surface area contributed by atoms with Crippen LogP contribution in [0.3, 0.4) is 0 Å². The number of carboxylic acids is 1. The van der Waals surface area contributed by atoms with Gasteiger partial charge in [-0.25, -0.2) is 4.79 Å². The van der Waals surface area contributed by atoms with Gasteiger partial charge in [0.2, 0.25) is 11.6 Å². The summed E-state index contributed by atoms with van der Waals surface area (Å²) < 4.78 is 5.21. The van der Waals surface area contributed by atoms with E-state index in [1.54, 1.807) is 48.5 Å². The van der Waals surface area contributed by atoms with E-state index >= 15 is 0 Å². The lowest BCUT2D eigenvalue weighted by Gasteiger charge is -2.47. The molecule has 0 saturated carbocycles. The number of rotatable bonds is 3. The predicted molar refractivity (Wildman–Crippen MR) is 93.3 cm³/mol. The van der Waals surface area contributed by atoms with Crippen LogP contribution in [0, 0.1) is 0 Å². The fraction of sp³-hybridized carbons (Fsp3) is 0.211. The van der Waals surface area contributed by atoms with Crippen LogP contribution in [-0.4, -0.2) is 35.7 Å². The number of fused-ring (bicyclic) bond motifs is 3. The maximum Gasteiger partial charge on any atom is 0.351 e. The van der Waals surface area contributed by atoms with Crippen molar-refractivity contribution in [2.75, 3.05) is 16.9 Å². The fourth-order valence-electron chi connectivity index (χ4n) is 3.77. The molecule has 7 nitrogen and oxygen atoms in total. The van der Waals surface area contributed by atoms with E-state index in [4.69, 9.17) is 4.74 Å². The number of aliphatic carboxylic acids is 1. The Kier molecular flexibility index (Phi) is 3.47. The number of hydrogen-bond donors (Lipinski definition) is 1. The molecule has 0 bridgehead atoms. The molecule has 1 N–H and O–H groups in total. The van der Waals surface area contributed by atoms with Gasteiger partial charge in [0.1, 0.15) is 5.75 Å². The van der Waals surface area contributed by atoms with Gasteiger partial charge in [0.25, 0.3) is 5.91 Å². The maximum atomic E-state index is 13.3. The molecule has 2 heterocycles. The number of amides is 2. The van der Waals surface area contributed by atoms with Crippen LogP contribution in [0.15, 0.2) is 48.5 Å². The van der Waals surface area contributed by atoms with Gasteiger partial charge in [-0.3, -0.25) is 19.4 Å². The van der Waals surface area contributed by atoms with E-state index in [1.165, 1.54) is 16.9 Å². The van der Waals surface area contributed by atoms with Gasteiger partial charge in [-0.05, 0) is 24.3 Å². The monoisotopic (exact) mass is 352 g/mol. The Morgan fingerprint density at radius 3 is 2.62 bits per heavy atom. The van der Waals surface area contributed by atoms with Crippen molar-refractivity contribution in [2.45, 2.75) is 18.5 Å². The highest BCUT2D eigenvalue weighted by atomic mass is 16.5. The van der Waals surface area contributed by atoms with Gasteiger partial charge in [0, 0.05) is 18.9 Å². The standard InChI is InChI=1S/C19H16N2O5/c1-26-13-6-4-5-12(11-13)20-17(23)14-7-2-3-8-15(14)21-16(22)9-10-19(20,21)18(24)25/h2-8,11H,9-10H2,1H3,(H,24,25). The first-order chi connectivity index (χ1) is 12.5. The van der Waals surface area contributed by atoms with Gasteiger partial charge >= 0.3 is 5.97 Å². The van der Waals surface area contributed by atoms with Gasteiger partial charge < -0.3 is 9.84 Å². The molecule has 1 saturated heterocycles. The van der Waals surface area contributed by atoms with Crippen molar-refractivity contribution < 1.29 is 24.2 Å². The highest BCUT2D eigenvalue weighted by Gasteiger charge is 2.61. The number of carbonyl (C=O) groups excluding carboxylic acids is 2. The van der Waals surface area contributed by atoms with E-state index in [9.17, 15) is 19.5 Å². The second kappa shape index (κ2) is 5.59. The molecular formula is C19H16N2O5. The van der Waals surface area contributed by atoms with Crippen LogP contribution in [0.1, 0.15) is 23.2 Å². The molecule has 7 heteroatoms. The Labute approximate surface area is 149 Å². The number of nitrogens with zero attached hydrogens (tertiary/aromatic N) is 2. The quantitative estimate of drug-likeness (QED) is 0.916. The third kappa shape index (κ3) is 1.97. The fourth-order valence-corrected chi connectivity index (χ4v) is 3.77. The Bertz CT molecular complexity index is 941. The van der Waals surface area contributed by atoms with Crippen LogP contribution in [0.4, 0.5) is 11.4 Å². The summed E-state index contributed by atoms with van der Waals surface area (Å²) in [4.78, 5) is 40.7. The zero-order valence-electron chi connectivity index (χ0n) is 14.0. The minimum atomic E-state index is -1.78. The van der Waals surface area contributed by atoms with Gasteiger partial charge in [-0.1, -0.05) is 18.2 Å². The summed E-state index contributed by atoms with van der Waals surface area (Å²) in [7, 11) is 1.49. The van der Waals surface area contributed by atoms with E-state index in [0.717, 1.165) is 0 Å². The molecule has 0 aromatic heterocycles. The van der Waals surface area contributed by atoms with Crippen molar-refractivity contribution in [2.24, 2.45) is 0 Å². The summed E-state index contributed by atoms with van der Waals surface area (Å²) in [5.41, 5.74) is -0.788. The van der Waals surface area contributed by atoms with Crippen LogP contribution in [0.25, 0.3) is 0 Å². The number of carbonyl (C=O) groups is 3. The molecule has 2 amide bonds. The lowest BCUT2D eigenvalue weighted by Crippen LogP contribution is -2.68. The van der Waals surface area contributed by atoms with Crippen molar-refractivity contribution in [1.82, 2.24) is 0 Å².